The second-order valence-corrected chi connectivity index (χ2v) is 8.52. The number of benzene rings is 3. The van der Waals surface area contributed by atoms with Crippen LogP contribution in [0.15, 0.2) is 70.1 Å². The largest absolute Gasteiger partial charge is 0.508 e. The Morgan fingerprint density at radius 2 is 1.83 bits per heavy atom. The van der Waals surface area contributed by atoms with Crippen molar-refractivity contribution in [1.29, 1.82) is 0 Å². The van der Waals surface area contributed by atoms with E-state index in [1.165, 1.54) is 0 Å². The van der Waals surface area contributed by atoms with Crippen LogP contribution >= 0.6 is 27.5 Å². The Labute approximate surface area is 187 Å². The van der Waals surface area contributed by atoms with Gasteiger partial charge in [-0.25, -0.2) is 0 Å². The zero-order valence-corrected chi connectivity index (χ0v) is 18.2. The number of hydrogen-bond acceptors (Lipinski definition) is 5. The van der Waals surface area contributed by atoms with E-state index in [2.05, 4.69) is 21.2 Å². The fraction of sp³-hybridized carbons (Fsp3) is 0.174. The molecule has 2 aliphatic rings. The van der Waals surface area contributed by atoms with E-state index in [-0.39, 0.29) is 24.8 Å². The number of halogens is 2. The lowest BCUT2D eigenvalue weighted by molar-refractivity contribution is 0.174. The van der Waals surface area contributed by atoms with Crippen LogP contribution in [0.3, 0.4) is 0 Å². The monoisotopic (exact) mass is 484 g/mol. The first-order valence-corrected chi connectivity index (χ1v) is 10.7. The molecule has 3 aromatic rings. The molecule has 0 saturated heterocycles. The molecule has 0 unspecified atom stereocenters. The summed E-state index contributed by atoms with van der Waals surface area (Å²) < 4.78 is 11.9. The van der Waals surface area contributed by atoms with Crippen molar-refractivity contribution < 1.29 is 14.6 Å². The molecule has 0 aromatic heterocycles. The van der Waals surface area contributed by atoms with Crippen LogP contribution in [-0.2, 0) is 0 Å². The second kappa shape index (κ2) is 7.95. The molecule has 0 aliphatic carbocycles. The fourth-order valence-electron chi connectivity index (χ4n) is 3.82. The topological polar surface area (TPSA) is 63.1 Å². The molecule has 2 heterocycles. The van der Waals surface area contributed by atoms with Gasteiger partial charge in [-0.15, -0.1) is 0 Å². The van der Waals surface area contributed by atoms with E-state index in [4.69, 9.17) is 26.1 Å². The first-order chi connectivity index (χ1) is 14.6. The highest BCUT2D eigenvalue weighted by Crippen LogP contribution is 2.39. The molecule has 2 aliphatic heterocycles. The van der Waals surface area contributed by atoms with Gasteiger partial charge in [-0.3, -0.25) is 10.3 Å². The van der Waals surface area contributed by atoms with Crippen molar-refractivity contribution in [1.82, 2.24) is 5.32 Å². The zero-order chi connectivity index (χ0) is 20.7. The van der Waals surface area contributed by atoms with Crippen LogP contribution in [0.2, 0.25) is 5.02 Å². The van der Waals surface area contributed by atoms with E-state index in [0.717, 1.165) is 32.6 Å². The lowest BCUT2D eigenvalue weighted by Gasteiger charge is -2.31. The minimum Gasteiger partial charge on any atom is -0.508 e. The van der Waals surface area contributed by atoms with Crippen molar-refractivity contribution in [3.8, 4) is 17.2 Å². The van der Waals surface area contributed by atoms with Gasteiger partial charge in [0.25, 0.3) is 0 Å². The summed E-state index contributed by atoms with van der Waals surface area (Å²) in [4.78, 5) is 4.97. The van der Waals surface area contributed by atoms with Gasteiger partial charge in [-0.2, -0.15) is 0 Å². The Morgan fingerprint density at radius 3 is 2.70 bits per heavy atom. The van der Waals surface area contributed by atoms with Crippen molar-refractivity contribution in [2.24, 2.45) is 4.99 Å². The molecule has 152 valence electrons. The third-order valence-corrected chi connectivity index (χ3v) is 6.15. The lowest BCUT2D eigenvalue weighted by Crippen LogP contribution is -2.33. The number of rotatable bonds is 3. The average Bonchev–Trinajstić information content (AvgIpc) is 3.23. The highest BCUT2D eigenvalue weighted by atomic mass is 79.9. The van der Waals surface area contributed by atoms with Gasteiger partial charge in [0.05, 0.1) is 0 Å². The summed E-state index contributed by atoms with van der Waals surface area (Å²) in [6, 6.07) is 18.8. The molecule has 2 N–H and O–H groups in total. The van der Waals surface area contributed by atoms with Crippen molar-refractivity contribution in [2.75, 3.05) is 6.79 Å². The molecule has 0 saturated carbocycles. The Morgan fingerprint density at radius 1 is 1.00 bits per heavy atom. The summed E-state index contributed by atoms with van der Waals surface area (Å²) in [5.41, 5.74) is 3.55. The maximum atomic E-state index is 10.5. The molecule has 5 nitrogen and oxygen atoms in total. The van der Waals surface area contributed by atoms with Gasteiger partial charge in [0, 0.05) is 38.8 Å². The highest BCUT2D eigenvalue weighted by Gasteiger charge is 2.29. The second-order valence-electron chi connectivity index (χ2n) is 7.19. The minimum absolute atomic E-state index is 0.151. The number of nitrogens with zero attached hydrogens (tertiary/aromatic N) is 1. The normalized spacial score (nSPS) is 20.1. The number of nitrogens with one attached hydrogen (secondary N) is 1. The van der Waals surface area contributed by atoms with Gasteiger partial charge in [0.1, 0.15) is 11.9 Å². The van der Waals surface area contributed by atoms with Crippen molar-refractivity contribution in [2.45, 2.75) is 18.6 Å². The summed E-state index contributed by atoms with van der Waals surface area (Å²) in [7, 11) is 0. The Hall–Kier alpha value is -2.54. The van der Waals surface area contributed by atoms with Gasteiger partial charge >= 0.3 is 0 Å². The number of aromatic hydroxyl groups is 1. The quantitative estimate of drug-likeness (QED) is 0.495. The fourth-order valence-corrected chi connectivity index (χ4v) is 4.44. The average molecular weight is 486 g/mol. The summed E-state index contributed by atoms with van der Waals surface area (Å²) in [6.45, 7) is 0.226. The van der Waals surface area contributed by atoms with Crippen LogP contribution in [0, 0.1) is 0 Å². The summed E-state index contributed by atoms with van der Waals surface area (Å²) in [5, 5.41) is 14.7. The van der Waals surface area contributed by atoms with Gasteiger partial charge < -0.3 is 14.6 Å². The first kappa shape index (κ1) is 19.4. The molecular weight excluding hydrogens is 468 g/mol. The van der Waals surface area contributed by atoms with E-state index in [9.17, 15) is 5.11 Å². The smallest absolute Gasteiger partial charge is 0.231 e. The van der Waals surface area contributed by atoms with Crippen LogP contribution in [0.25, 0.3) is 0 Å². The molecule has 0 bridgehead atoms. The van der Waals surface area contributed by atoms with Crippen LogP contribution in [-0.4, -0.2) is 17.6 Å². The SMILES string of the molecule is Oc1ccc(Br)cc1[C@H]1CC(c2ccc3c(c2)OCO3)=N[C@@H](c2ccccc2Cl)N1. The molecule has 0 amide bonds. The van der Waals surface area contributed by atoms with Crippen LogP contribution in [0.4, 0.5) is 0 Å². The molecule has 0 fully saturated rings. The standard InChI is InChI=1S/C23H18BrClN2O3/c24-14-6-7-20(28)16(10-14)19-11-18(13-5-8-21-22(9-13)30-12-29-21)26-23(27-19)15-3-1-2-4-17(15)25/h1-10,19,23,27-28H,11-12H2/t19-,23-/m1/s1. The molecule has 0 spiro atoms. The van der Waals surface area contributed by atoms with Crippen LogP contribution in [0.1, 0.15) is 35.3 Å². The van der Waals surface area contributed by atoms with Crippen molar-refractivity contribution >= 4 is 33.2 Å². The molecule has 3 aromatic carbocycles. The summed E-state index contributed by atoms with van der Waals surface area (Å²) >= 11 is 9.98. The minimum atomic E-state index is -0.351. The number of ether oxygens (including phenoxy) is 2. The maximum absolute atomic E-state index is 10.5. The predicted molar refractivity (Wildman–Crippen MR) is 120 cm³/mol. The Kier molecular flexibility index (Phi) is 5.15. The number of fused-ring (bicyclic) bond motifs is 1. The van der Waals surface area contributed by atoms with Gasteiger partial charge in [0.15, 0.2) is 11.5 Å². The Bertz CT molecular complexity index is 1150. The molecule has 5 rings (SSSR count). The molecule has 7 heteroatoms. The van der Waals surface area contributed by atoms with Gasteiger partial charge in [-0.05, 0) is 48.0 Å². The third-order valence-electron chi connectivity index (χ3n) is 5.31. The zero-order valence-electron chi connectivity index (χ0n) is 15.8. The molecule has 0 radical (unpaired) electrons. The van der Waals surface area contributed by atoms with E-state index in [1.807, 2.05) is 54.6 Å². The summed E-state index contributed by atoms with van der Waals surface area (Å²) in [5.74, 6) is 1.68. The number of hydrogen-bond donors (Lipinski definition) is 2. The predicted octanol–water partition coefficient (Wildman–Crippen LogP) is 5.76. The number of phenolic OH excluding ortho intramolecular Hbond substituents is 1. The Balaban J connectivity index is 1.59. The number of phenols is 1. The third kappa shape index (κ3) is 3.67. The maximum Gasteiger partial charge on any atom is 0.231 e. The van der Waals surface area contributed by atoms with Gasteiger partial charge in [-0.1, -0.05) is 45.7 Å². The van der Waals surface area contributed by atoms with Crippen LogP contribution < -0.4 is 14.8 Å². The first-order valence-electron chi connectivity index (χ1n) is 9.54. The van der Waals surface area contributed by atoms with E-state index < -0.39 is 0 Å². The van der Waals surface area contributed by atoms with Gasteiger partial charge in [0.2, 0.25) is 6.79 Å². The van der Waals surface area contributed by atoms with E-state index >= 15 is 0 Å². The molecule has 30 heavy (non-hydrogen) atoms. The van der Waals surface area contributed by atoms with Crippen molar-refractivity contribution in [3.05, 3.63) is 86.8 Å². The summed E-state index contributed by atoms with van der Waals surface area (Å²) in [6.07, 6.45) is 0.251. The van der Waals surface area contributed by atoms with Crippen LogP contribution in [0.5, 0.6) is 17.2 Å². The van der Waals surface area contributed by atoms with Crippen molar-refractivity contribution in [3.63, 3.8) is 0 Å². The lowest BCUT2D eigenvalue weighted by atomic mass is 9.93. The molecule has 2 atom stereocenters. The number of aliphatic imine (C=N–C) groups is 1. The van der Waals surface area contributed by atoms with E-state index in [1.54, 1.807) is 6.07 Å². The van der Waals surface area contributed by atoms with E-state index in [0.29, 0.717) is 17.2 Å². The molecular formula is C23H18BrClN2O3. The highest BCUT2D eigenvalue weighted by molar-refractivity contribution is 9.10.